The molecule has 0 bridgehead atoms. The number of phosphoric acid groups is 1. The minimum absolute atomic E-state index is 0.0348. The van der Waals surface area contributed by atoms with E-state index in [0.717, 1.165) is 0 Å². The molecule has 0 radical (unpaired) electrons. The average molecular weight is 377 g/mol. The van der Waals surface area contributed by atoms with Crippen LogP contribution in [0.15, 0.2) is 11.1 Å². The molecule has 4 atom stereocenters. The minimum atomic E-state index is -4.94. The first kappa shape index (κ1) is 17.9. The van der Waals surface area contributed by atoms with Crippen LogP contribution in [-0.2, 0) is 20.9 Å². The van der Waals surface area contributed by atoms with Crippen LogP contribution < -0.4 is 11.3 Å². The van der Waals surface area contributed by atoms with Gasteiger partial charge in [-0.15, -0.1) is 0 Å². The minimum Gasteiger partial charge on any atom is -0.394 e. The zero-order valence-corrected chi connectivity index (χ0v) is 13.7. The van der Waals surface area contributed by atoms with E-state index in [4.69, 9.17) is 20.3 Å². The first-order valence-corrected chi connectivity index (χ1v) is 8.54. The molecule has 0 amide bonds. The van der Waals surface area contributed by atoms with E-state index in [-0.39, 0.29) is 17.1 Å². The summed E-state index contributed by atoms with van der Waals surface area (Å²) in [6.45, 7) is -0.659. The number of ether oxygens (including phenoxy) is 1. The third kappa shape index (κ3) is 3.06. The van der Waals surface area contributed by atoms with Crippen LogP contribution in [0.25, 0.3) is 11.2 Å². The Kier molecular flexibility index (Phi) is 4.41. The Hall–Kier alpha value is -1.86. The van der Waals surface area contributed by atoms with Crippen molar-refractivity contribution in [1.29, 1.82) is 0 Å². The number of hydrogen-bond donors (Lipinski definition) is 5. The van der Waals surface area contributed by atoms with Gasteiger partial charge >= 0.3 is 13.4 Å². The Bertz CT molecular complexity index is 906. The molecule has 14 heteroatoms. The zero-order valence-electron chi connectivity index (χ0n) is 12.8. The molecule has 0 unspecified atom stereocenters. The Labute approximate surface area is 139 Å². The summed E-state index contributed by atoms with van der Waals surface area (Å²) in [6.07, 6.45) is -4.31. The van der Waals surface area contributed by atoms with Gasteiger partial charge in [0, 0.05) is 7.05 Å². The van der Waals surface area contributed by atoms with Crippen molar-refractivity contribution in [2.24, 2.45) is 7.05 Å². The number of anilines is 1. The average Bonchev–Trinajstić information content (AvgIpc) is 3.07. The van der Waals surface area contributed by atoms with Gasteiger partial charge in [0.1, 0.15) is 18.3 Å². The van der Waals surface area contributed by atoms with Crippen molar-refractivity contribution in [2.45, 2.75) is 24.5 Å². The van der Waals surface area contributed by atoms with Crippen molar-refractivity contribution < 1.29 is 33.8 Å². The molecule has 1 aliphatic heterocycles. The fraction of sp³-hybridized carbons (Fsp3) is 0.545. The van der Waals surface area contributed by atoms with Crippen LogP contribution in [0.5, 0.6) is 0 Å². The second-order valence-electron chi connectivity index (χ2n) is 5.46. The number of phosphoric ester groups is 1. The third-order valence-corrected chi connectivity index (χ3v) is 4.39. The number of fused-ring (bicyclic) bond motifs is 1. The molecule has 0 saturated carbocycles. The molecule has 13 nitrogen and oxygen atoms in total. The Morgan fingerprint density at radius 2 is 2.16 bits per heavy atom. The van der Waals surface area contributed by atoms with Crippen molar-refractivity contribution in [3.63, 3.8) is 0 Å². The van der Waals surface area contributed by atoms with Crippen LogP contribution in [0.3, 0.4) is 0 Å². The third-order valence-electron chi connectivity index (χ3n) is 3.87. The lowest BCUT2D eigenvalue weighted by Gasteiger charge is -2.20. The van der Waals surface area contributed by atoms with Gasteiger partial charge in [0.25, 0.3) is 0 Å². The number of nitrogens with two attached hydrogens (primary N) is 1. The number of nitrogens with zero attached hydrogens (tertiary/aromatic N) is 4. The highest BCUT2D eigenvalue weighted by Crippen LogP contribution is 2.44. The molecule has 6 N–H and O–H groups in total. The summed E-state index contributed by atoms with van der Waals surface area (Å²) in [4.78, 5) is 37.3. The molecule has 0 aliphatic carbocycles. The van der Waals surface area contributed by atoms with E-state index >= 15 is 0 Å². The molecule has 1 fully saturated rings. The molecule has 2 aromatic rings. The number of rotatable bonds is 4. The van der Waals surface area contributed by atoms with Crippen LogP contribution in [0, 0.1) is 0 Å². The summed E-state index contributed by atoms with van der Waals surface area (Å²) >= 11 is 0. The van der Waals surface area contributed by atoms with Crippen molar-refractivity contribution in [1.82, 2.24) is 19.1 Å². The first-order chi connectivity index (χ1) is 11.6. The maximum Gasteiger partial charge on any atom is 0.470 e. The molecule has 3 rings (SSSR count). The summed E-state index contributed by atoms with van der Waals surface area (Å²) in [5.74, 6) is -0.103. The lowest BCUT2D eigenvalue weighted by Crippen LogP contribution is -2.35. The van der Waals surface area contributed by atoms with Gasteiger partial charge in [0.2, 0.25) is 5.95 Å². The Morgan fingerprint density at radius 1 is 1.48 bits per heavy atom. The maximum absolute atomic E-state index is 11.9. The van der Waals surface area contributed by atoms with E-state index < -0.39 is 44.5 Å². The smallest absolute Gasteiger partial charge is 0.394 e. The van der Waals surface area contributed by atoms with Gasteiger partial charge in [0.15, 0.2) is 17.4 Å². The van der Waals surface area contributed by atoms with Gasteiger partial charge in [-0.05, 0) is 0 Å². The second-order valence-corrected chi connectivity index (χ2v) is 6.65. The standard InChI is InChI=1S/C11H16N5O8P/c1-15-9-5(8(19)14-11(15)12)13-3-16(9)10-6(18)7(4(2-17)23-10)24-25(20,21)22/h3-4,6-7,10,17-18H,2H2,1H3,(H2,12,14,19)(H2,20,21,22)/t4-,6-,7-,10-/m1/s1. The van der Waals surface area contributed by atoms with Crippen LogP contribution in [0.1, 0.15) is 6.23 Å². The molecule has 1 saturated heterocycles. The van der Waals surface area contributed by atoms with Gasteiger partial charge in [-0.2, -0.15) is 4.98 Å². The van der Waals surface area contributed by atoms with Gasteiger partial charge < -0.3 is 30.5 Å². The summed E-state index contributed by atoms with van der Waals surface area (Å²) in [5.41, 5.74) is 5.11. The van der Waals surface area contributed by atoms with Gasteiger partial charge in [-0.25, -0.2) is 9.55 Å². The molecule has 0 spiro atoms. The fourth-order valence-corrected chi connectivity index (χ4v) is 3.33. The van der Waals surface area contributed by atoms with Crippen LogP contribution in [0.4, 0.5) is 5.95 Å². The fourth-order valence-electron chi connectivity index (χ4n) is 2.75. The van der Waals surface area contributed by atoms with Crippen molar-refractivity contribution in [3.8, 4) is 0 Å². The van der Waals surface area contributed by atoms with E-state index in [2.05, 4.69) is 14.5 Å². The maximum atomic E-state index is 11.9. The van der Waals surface area contributed by atoms with Crippen LogP contribution in [0.2, 0.25) is 0 Å². The second kappa shape index (κ2) is 6.14. The van der Waals surface area contributed by atoms with Gasteiger partial charge in [0.05, 0.1) is 12.9 Å². The monoisotopic (exact) mass is 377 g/mol. The number of nitrogen functional groups attached to an aromatic ring is 1. The number of imidazole rings is 1. The molecular formula is C11H16N5O8P. The SMILES string of the molecule is Cn1c(N)nc(=O)c2ncn([C@@H]3O[C@H](CO)[C@@H](OP(=O)(O)O)[C@H]3O)c21. The highest BCUT2D eigenvalue weighted by molar-refractivity contribution is 7.46. The normalized spacial score (nSPS) is 27.2. The lowest BCUT2D eigenvalue weighted by atomic mass is 10.1. The summed E-state index contributed by atoms with van der Waals surface area (Å²) in [7, 11) is -3.43. The predicted octanol–water partition coefficient (Wildman–Crippen LogP) is -2.56. The molecule has 2 aromatic heterocycles. The Balaban J connectivity index is 2.07. The van der Waals surface area contributed by atoms with Gasteiger partial charge in [-0.1, -0.05) is 0 Å². The van der Waals surface area contributed by atoms with E-state index in [1.54, 1.807) is 0 Å². The number of hydrogen-bond acceptors (Lipinski definition) is 9. The summed E-state index contributed by atoms with van der Waals surface area (Å²) < 4.78 is 23.6. The molecular weight excluding hydrogens is 361 g/mol. The van der Waals surface area contributed by atoms with Crippen LogP contribution in [-0.4, -0.2) is 64.0 Å². The molecule has 25 heavy (non-hydrogen) atoms. The molecule has 1 aliphatic rings. The largest absolute Gasteiger partial charge is 0.470 e. The first-order valence-electron chi connectivity index (χ1n) is 7.01. The Morgan fingerprint density at radius 3 is 2.76 bits per heavy atom. The van der Waals surface area contributed by atoms with Crippen molar-refractivity contribution in [3.05, 3.63) is 16.7 Å². The molecule has 0 aromatic carbocycles. The van der Waals surface area contributed by atoms with E-state index in [1.165, 1.54) is 22.5 Å². The summed E-state index contributed by atoms with van der Waals surface area (Å²) in [5, 5.41) is 19.7. The zero-order chi connectivity index (χ0) is 18.5. The van der Waals surface area contributed by atoms with E-state index in [9.17, 15) is 19.6 Å². The van der Waals surface area contributed by atoms with E-state index in [0.29, 0.717) is 0 Å². The highest BCUT2D eigenvalue weighted by Gasteiger charge is 2.48. The summed E-state index contributed by atoms with van der Waals surface area (Å²) in [6, 6.07) is 0. The van der Waals surface area contributed by atoms with Crippen molar-refractivity contribution in [2.75, 3.05) is 12.3 Å². The molecule has 138 valence electrons. The quantitative estimate of drug-likeness (QED) is 0.352. The number of aromatic nitrogens is 4. The van der Waals surface area contributed by atoms with Crippen molar-refractivity contribution >= 4 is 24.9 Å². The lowest BCUT2D eigenvalue weighted by molar-refractivity contribution is -0.0511. The number of aliphatic hydroxyl groups excluding tert-OH is 2. The van der Waals surface area contributed by atoms with Crippen LogP contribution >= 0.6 is 7.82 Å². The highest BCUT2D eigenvalue weighted by atomic mass is 31.2. The number of aryl methyl sites for hydroxylation is 1. The number of aliphatic hydroxyl groups is 2. The van der Waals surface area contributed by atoms with Gasteiger partial charge in [-0.3, -0.25) is 18.5 Å². The topological polar surface area (TPSA) is 195 Å². The van der Waals surface area contributed by atoms with E-state index in [1.807, 2.05) is 0 Å². The predicted molar refractivity (Wildman–Crippen MR) is 81.1 cm³/mol. The molecule has 3 heterocycles.